The minimum Gasteiger partial charge on any atom is -0.497 e. The number of methoxy groups -OCH3 is 1. The first-order valence-electron chi connectivity index (χ1n) is 11.3. The largest absolute Gasteiger partial charge is 0.497 e. The Labute approximate surface area is 210 Å². The van der Waals surface area contributed by atoms with Gasteiger partial charge in [0.05, 0.1) is 24.7 Å². The van der Waals surface area contributed by atoms with Gasteiger partial charge >= 0.3 is 5.97 Å². The summed E-state index contributed by atoms with van der Waals surface area (Å²) in [6, 6.07) is 10.1. The summed E-state index contributed by atoms with van der Waals surface area (Å²) in [7, 11) is -2.70. The van der Waals surface area contributed by atoms with Crippen molar-refractivity contribution < 1.29 is 31.9 Å². The average molecular weight is 517 g/mol. The molecule has 0 radical (unpaired) electrons. The van der Waals surface area contributed by atoms with E-state index in [1.165, 1.54) is 62.6 Å². The van der Waals surface area contributed by atoms with E-state index in [1.807, 2.05) is 0 Å². The molecular formula is C26H29FN2O6S. The van der Waals surface area contributed by atoms with Crippen molar-refractivity contribution in [1.82, 2.24) is 9.29 Å². The predicted octanol–water partition coefficient (Wildman–Crippen LogP) is 4.42. The van der Waals surface area contributed by atoms with Crippen LogP contribution in [-0.2, 0) is 21.3 Å². The topological polar surface area (TPSA) is 106 Å². The van der Waals surface area contributed by atoms with E-state index in [0.717, 1.165) is 4.31 Å². The summed E-state index contributed by atoms with van der Waals surface area (Å²) in [6.07, 6.45) is 0. The molecule has 0 aliphatic heterocycles. The molecule has 1 atom stereocenters. The van der Waals surface area contributed by atoms with Gasteiger partial charge in [-0.25, -0.2) is 17.6 Å². The highest BCUT2D eigenvalue weighted by atomic mass is 32.2. The number of ether oxygens (including phenoxy) is 2. The normalized spacial score (nSPS) is 12.4. The molecule has 0 fully saturated rings. The Hall–Kier alpha value is -3.50. The van der Waals surface area contributed by atoms with Gasteiger partial charge < -0.3 is 14.5 Å². The highest BCUT2D eigenvalue weighted by Crippen LogP contribution is 2.27. The average Bonchev–Trinajstić information content (AvgIpc) is 3.16. The van der Waals surface area contributed by atoms with Crippen molar-refractivity contribution in [2.24, 2.45) is 0 Å². The maximum atomic E-state index is 13.7. The molecule has 0 saturated carbocycles. The molecular weight excluding hydrogens is 487 g/mol. The Morgan fingerprint density at radius 2 is 1.67 bits per heavy atom. The molecule has 3 aromatic rings. The molecule has 1 N–H and O–H groups in total. The molecule has 2 aromatic carbocycles. The fraction of sp³-hybridized carbons (Fsp3) is 0.308. The minimum absolute atomic E-state index is 0.0280. The molecule has 1 heterocycles. The molecule has 0 saturated heterocycles. The van der Waals surface area contributed by atoms with Crippen molar-refractivity contribution in [2.45, 2.75) is 45.2 Å². The van der Waals surface area contributed by atoms with E-state index in [0.29, 0.717) is 22.6 Å². The summed E-state index contributed by atoms with van der Waals surface area (Å²) < 4.78 is 52.2. The predicted molar refractivity (Wildman–Crippen MR) is 132 cm³/mol. The quantitative estimate of drug-likeness (QED) is 0.316. The number of aryl methyl sites for hydroxylation is 1. The summed E-state index contributed by atoms with van der Waals surface area (Å²) in [6.45, 7) is 6.41. The van der Waals surface area contributed by atoms with Crippen LogP contribution in [0.15, 0.2) is 53.4 Å². The first-order valence-corrected chi connectivity index (χ1v) is 12.8. The fourth-order valence-electron chi connectivity index (χ4n) is 3.95. The third-order valence-corrected chi connectivity index (χ3v) is 7.82. The number of esters is 1. The van der Waals surface area contributed by atoms with Gasteiger partial charge in [0.2, 0.25) is 10.0 Å². The summed E-state index contributed by atoms with van der Waals surface area (Å²) >= 11 is 0. The third kappa shape index (κ3) is 5.50. The number of aromatic nitrogens is 1. The van der Waals surface area contributed by atoms with E-state index in [4.69, 9.17) is 9.47 Å². The number of hydrogen-bond donors (Lipinski definition) is 1. The Balaban J connectivity index is 2.06. The second-order valence-electron chi connectivity index (χ2n) is 8.24. The van der Waals surface area contributed by atoms with E-state index in [9.17, 15) is 22.4 Å². The number of H-pyrrole nitrogens is 1. The van der Waals surface area contributed by atoms with E-state index < -0.39 is 33.6 Å². The lowest BCUT2D eigenvalue weighted by atomic mass is 10.0. The molecule has 192 valence electrons. The number of ketones is 1. The third-order valence-electron chi connectivity index (χ3n) is 5.89. The van der Waals surface area contributed by atoms with Gasteiger partial charge in [-0.05, 0) is 75.2 Å². The van der Waals surface area contributed by atoms with Crippen molar-refractivity contribution in [1.29, 1.82) is 0 Å². The molecule has 0 aliphatic carbocycles. The second-order valence-corrected chi connectivity index (χ2v) is 10.1. The van der Waals surface area contributed by atoms with Crippen molar-refractivity contribution in [3.8, 4) is 5.75 Å². The molecule has 8 nitrogen and oxygen atoms in total. The SMILES string of the molecule is CCOC(=O)c1[nH]c(C)c(C(=O)C(C)N(Cc2ccc(F)cc2)S(=O)(=O)c2ccc(OC)cc2)c1C. The van der Waals surface area contributed by atoms with Crippen LogP contribution in [0.4, 0.5) is 4.39 Å². The maximum absolute atomic E-state index is 13.7. The van der Waals surface area contributed by atoms with Crippen LogP contribution in [0.2, 0.25) is 0 Å². The number of hydrogen-bond acceptors (Lipinski definition) is 6. The van der Waals surface area contributed by atoms with Crippen molar-refractivity contribution in [3.63, 3.8) is 0 Å². The van der Waals surface area contributed by atoms with Gasteiger partial charge in [-0.3, -0.25) is 4.79 Å². The van der Waals surface area contributed by atoms with E-state index in [2.05, 4.69) is 4.98 Å². The molecule has 1 unspecified atom stereocenters. The molecule has 36 heavy (non-hydrogen) atoms. The lowest BCUT2D eigenvalue weighted by Crippen LogP contribution is -2.43. The number of carbonyl (C=O) groups excluding carboxylic acids is 2. The Bertz CT molecular complexity index is 1350. The van der Waals surface area contributed by atoms with Gasteiger partial charge in [-0.2, -0.15) is 4.31 Å². The van der Waals surface area contributed by atoms with Crippen molar-refractivity contribution in [3.05, 3.63) is 82.4 Å². The van der Waals surface area contributed by atoms with Gasteiger partial charge in [0, 0.05) is 17.8 Å². The number of carbonyl (C=O) groups is 2. The monoisotopic (exact) mass is 516 g/mol. The van der Waals surface area contributed by atoms with Gasteiger partial charge in [-0.15, -0.1) is 0 Å². The summed E-state index contributed by atoms with van der Waals surface area (Å²) in [5.41, 5.74) is 1.68. The van der Waals surface area contributed by atoms with Gasteiger partial charge in [0.15, 0.2) is 5.78 Å². The van der Waals surface area contributed by atoms with Gasteiger partial charge in [0.25, 0.3) is 0 Å². The number of benzene rings is 2. The maximum Gasteiger partial charge on any atom is 0.355 e. The molecule has 0 amide bonds. The summed E-state index contributed by atoms with van der Waals surface area (Å²) in [4.78, 5) is 28.9. The van der Waals surface area contributed by atoms with Crippen molar-refractivity contribution >= 4 is 21.8 Å². The molecule has 0 spiro atoms. The van der Waals surface area contributed by atoms with Crippen LogP contribution < -0.4 is 4.74 Å². The molecule has 0 aliphatic rings. The Morgan fingerprint density at radius 3 is 2.22 bits per heavy atom. The van der Waals surface area contributed by atoms with E-state index in [1.54, 1.807) is 20.8 Å². The number of nitrogens with zero attached hydrogens (tertiary/aromatic N) is 1. The van der Waals surface area contributed by atoms with Crippen LogP contribution in [0.5, 0.6) is 5.75 Å². The molecule has 0 bridgehead atoms. The first kappa shape index (κ1) is 27.1. The fourth-order valence-corrected chi connectivity index (χ4v) is 5.53. The standard InChI is InChI=1S/C26H29FN2O6S/c1-6-35-26(31)24-16(2)23(17(3)28-24)25(30)18(4)29(15-19-7-9-20(27)10-8-19)36(32,33)22-13-11-21(34-5)12-14-22/h7-14,18,28H,6,15H2,1-5H3. The number of nitrogens with one attached hydrogen (secondary N) is 1. The van der Waals surface area contributed by atoms with Crippen molar-refractivity contribution in [2.75, 3.05) is 13.7 Å². The Kier molecular flexibility index (Phi) is 8.31. The second kappa shape index (κ2) is 11.0. The number of sulfonamides is 1. The zero-order valence-corrected chi connectivity index (χ0v) is 21.6. The number of halogens is 1. The lowest BCUT2D eigenvalue weighted by molar-refractivity contribution is 0.0519. The van der Waals surface area contributed by atoms with Crippen LogP contribution in [-0.4, -0.2) is 49.2 Å². The number of Topliss-reactive ketones (excluding diaryl/α,β-unsaturated/α-hetero) is 1. The summed E-state index contributed by atoms with van der Waals surface area (Å²) in [5, 5.41) is 0. The van der Waals surface area contributed by atoms with Crippen LogP contribution in [0.3, 0.4) is 0 Å². The zero-order valence-electron chi connectivity index (χ0n) is 20.8. The molecule has 3 rings (SSSR count). The molecule has 10 heteroatoms. The van der Waals surface area contributed by atoms with Gasteiger partial charge in [0.1, 0.15) is 17.3 Å². The summed E-state index contributed by atoms with van der Waals surface area (Å²) in [5.74, 6) is -1.07. The van der Waals surface area contributed by atoms with Crippen LogP contribution in [0.25, 0.3) is 0 Å². The Morgan fingerprint density at radius 1 is 1.06 bits per heavy atom. The highest BCUT2D eigenvalue weighted by Gasteiger charge is 2.36. The van der Waals surface area contributed by atoms with Crippen LogP contribution >= 0.6 is 0 Å². The zero-order chi connectivity index (χ0) is 26.6. The molecule has 1 aromatic heterocycles. The minimum atomic E-state index is -4.17. The smallest absolute Gasteiger partial charge is 0.355 e. The van der Waals surface area contributed by atoms with E-state index in [-0.39, 0.29) is 29.3 Å². The number of rotatable bonds is 10. The first-order chi connectivity index (χ1) is 17.0. The van der Waals surface area contributed by atoms with E-state index >= 15 is 0 Å². The van der Waals surface area contributed by atoms with Crippen LogP contribution in [0.1, 0.15) is 51.5 Å². The lowest BCUT2D eigenvalue weighted by Gasteiger charge is -2.28. The highest BCUT2D eigenvalue weighted by molar-refractivity contribution is 7.89. The van der Waals surface area contributed by atoms with Gasteiger partial charge in [-0.1, -0.05) is 12.1 Å². The van der Waals surface area contributed by atoms with Crippen LogP contribution in [0, 0.1) is 19.7 Å². The number of aromatic amines is 1.